The number of hydrogen-bond acceptors (Lipinski definition) is 6. The summed E-state index contributed by atoms with van der Waals surface area (Å²) in [6.45, 7) is 0.354. The molecule has 5 rings (SSSR count). The highest BCUT2D eigenvalue weighted by Crippen LogP contribution is 2.31. The van der Waals surface area contributed by atoms with Gasteiger partial charge in [-0.3, -0.25) is 14.9 Å². The van der Waals surface area contributed by atoms with Gasteiger partial charge in [-0.1, -0.05) is 47.5 Å². The number of imide groups is 2. The number of rotatable bonds is 9. The molecule has 0 spiro atoms. The monoisotopic (exact) mass is 620 g/mol. The molecule has 0 aliphatic carbocycles. The fraction of sp³-hybridized carbons (Fsp3) is 0.0938. The number of nitrogens with zero attached hydrogens (tertiary/aromatic N) is 1. The predicted molar refractivity (Wildman–Crippen MR) is 160 cm³/mol. The van der Waals surface area contributed by atoms with Crippen LogP contribution in [-0.2, 0) is 22.8 Å². The Balaban J connectivity index is 1.30. The number of carbonyl (C=O) groups excluding carboxylic acids is 3. The summed E-state index contributed by atoms with van der Waals surface area (Å²) in [6.07, 6.45) is 1.36. The van der Waals surface area contributed by atoms with Gasteiger partial charge in [-0.15, -0.1) is 0 Å². The van der Waals surface area contributed by atoms with Crippen LogP contribution in [0.25, 0.3) is 6.08 Å². The van der Waals surface area contributed by atoms with E-state index in [-0.39, 0.29) is 30.3 Å². The van der Waals surface area contributed by atoms with Crippen molar-refractivity contribution in [2.75, 3.05) is 12.0 Å². The number of barbiturate groups is 1. The second-order valence-corrected chi connectivity index (χ2v) is 10.1. The molecule has 11 heteroatoms. The van der Waals surface area contributed by atoms with Crippen LogP contribution in [0.15, 0.2) is 90.5 Å². The smallest absolute Gasteiger partial charge is 0.335 e. The lowest BCUT2D eigenvalue weighted by molar-refractivity contribution is -0.122. The molecule has 8 nitrogen and oxygen atoms in total. The van der Waals surface area contributed by atoms with Gasteiger partial charge < -0.3 is 14.2 Å². The van der Waals surface area contributed by atoms with Crippen LogP contribution in [0, 0.1) is 5.82 Å². The fourth-order valence-corrected chi connectivity index (χ4v) is 4.65. The molecule has 0 unspecified atom stereocenters. The van der Waals surface area contributed by atoms with Gasteiger partial charge >= 0.3 is 6.03 Å². The number of methoxy groups -OCH3 is 1. The van der Waals surface area contributed by atoms with Crippen molar-refractivity contribution in [2.45, 2.75) is 13.2 Å². The van der Waals surface area contributed by atoms with Crippen LogP contribution in [0.5, 0.6) is 17.2 Å². The molecule has 1 heterocycles. The van der Waals surface area contributed by atoms with Crippen molar-refractivity contribution in [3.05, 3.63) is 123 Å². The average molecular weight is 621 g/mol. The number of anilines is 1. The second kappa shape index (κ2) is 13.0. The molecular formula is C32H23Cl2FN2O6. The van der Waals surface area contributed by atoms with Crippen molar-refractivity contribution in [1.82, 2.24) is 5.32 Å². The number of ether oxygens (including phenoxy) is 3. The van der Waals surface area contributed by atoms with E-state index in [0.29, 0.717) is 32.9 Å². The Morgan fingerprint density at radius 1 is 0.837 bits per heavy atom. The first-order valence-electron chi connectivity index (χ1n) is 12.9. The summed E-state index contributed by atoms with van der Waals surface area (Å²) in [5.74, 6) is -0.746. The van der Waals surface area contributed by atoms with Crippen LogP contribution in [0.2, 0.25) is 10.0 Å². The third kappa shape index (κ3) is 6.97. The summed E-state index contributed by atoms with van der Waals surface area (Å²) >= 11 is 12.1. The van der Waals surface area contributed by atoms with E-state index in [1.807, 2.05) is 0 Å². The lowest BCUT2D eigenvalue weighted by atomic mass is 10.1. The van der Waals surface area contributed by atoms with Gasteiger partial charge in [-0.2, -0.15) is 0 Å². The van der Waals surface area contributed by atoms with Gasteiger partial charge in [0.25, 0.3) is 11.8 Å². The highest BCUT2D eigenvalue weighted by atomic mass is 35.5. The maximum absolute atomic E-state index is 13.4. The van der Waals surface area contributed by atoms with Crippen molar-refractivity contribution in [1.29, 1.82) is 0 Å². The van der Waals surface area contributed by atoms with Crippen molar-refractivity contribution < 1.29 is 33.0 Å². The van der Waals surface area contributed by atoms with E-state index in [4.69, 9.17) is 37.4 Å². The van der Waals surface area contributed by atoms with Gasteiger partial charge in [0.15, 0.2) is 11.5 Å². The first-order chi connectivity index (χ1) is 20.7. The molecule has 1 aliphatic heterocycles. The number of amides is 4. The molecule has 218 valence electrons. The van der Waals surface area contributed by atoms with Gasteiger partial charge in [0, 0.05) is 15.6 Å². The molecule has 1 fully saturated rings. The first-order valence-corrected chi connectivity index (χ1v) is 13.6. The summed E-state index contributed by atoms with van der Waals surface area (Å²) in [5, 5.41) is 3.18. The predicted octanol–water partition coefficient (Wildman–Crippen LogP) is 6.97. The summed E-state index contributed by atoms with van der Waals surface area (Å²) in [5.41, 5.74) is 1.94. The first kappa shape index (κ1) is 29.6. The number of carbonyl (C=O) groups is 3. The van der Waals surface area contributed by atoms with Gasteiger partial charge in [0.05, 0.1) is 12.8 Å². The quantitative estimate of drug-likeness (QED) is 0.160. The van der Waals surface area contributed by atoms with E-state index in [0.717, 1.165) is 16.0 Å². The molecule has 0 atom stereocenters. The summed E-state index contributed by atoms with van der Waals surface area (Å²) in [7, 11) is 1.45. The van der Waals surface area contributed by atoms with Crippen LogP contribution >= 0.6 is 23.2 Å². The highest BCUT2D eigenvalue weighted by Gasteiger charge is 2.36. The molecule has 0 bridgehead atoms. The molecular weight excluding hydrogens is 598 g/mol. The average Bonchev–Trinajstić information content (AvgIpc) is 2.99. The van der Waals surface area contributed by atoms with Crippen LogP contribution in [0.4, 0.5) is 14.9 Å². The van der Waals surface area contributed by atoms with Crippen LogP contribution in [0.3, 0.4) is 0 Å². The van der Waals surface area contributed by atoms with Gasteiger partial charge in [-0.05, 0) is 77.9 Å². The molecule has 0 radical (unpaired) electrons. The van der Waals surface area contributed by atoms with Crippen molar-refractivity contribution in [3.63, 3.8) is 0 Å². The Morgan fingerprint density at radius 2 is 1.58 bits per heavy atom. The Hall–Kier alpha value is -4.86. The van der Waals surface area contributed by atoms with E-state index in [1.165, 1.54) is 37.5 Å². The Labute approximate surface area is 256 Å². The lowest BCUT2D eigenvalue weighted by Crippen LogP contribution is -2.54. The zero-order valence-corrected chi connectivity index (χ0v) is 24.1. The lowest BCUT2D eigenvalue weighted by Gasteiger charge is -2.26. The number of nitrogens with one attached hydrogen (secondary N) is 1. The maximum atomic E-state index is 13.4. The molecule has 1 aliphatic rings. The van der Waals surface area contributed by atoms with Crippen LogP contribution in [-0.4, -0.2) is 25.0 Å². The molecule has 4 aromatic rings. The van der Waals surface area contributed by atoms with Gasteiger partial charge in [-0.25, -0.2) is 14.1 Å². The highest BCUT2D eigenvalue weighted by molar-refractivity contribution is 6.39. The Morgan fingerprint density at radius 3 is 2.28 bits per heavy atom. The van der Waals surface area contributed by atoms with E-state index < -0.39 is 17.8 Å². The minimum atomic E-state index is -0.879. The van der Waals surface area contributed by atoms with Crippen LogP contribution < -0.4 is 24.4 Å². The Bertz CT molecular complexity index is 1730. The van der Waals surface area contributed by atoms with Crippen LogP contribution in [0.1, 0.15) is 16.7 Å². The van der Waals surface area contributed by atoms with Gasteiger partial charge in [0.1, 0.15) is 30.4 Å². The Kier molecular flexibility index (Phi) is 8.94. The molecule has 1 saturated heterocycles. The largest absolute Gasteiger partial charge is 0.493 e. The second-order valence-electron chi connectivity index (χ2n) is 9.30. The summed E-state index contributed by atoms with van der Waals surface area (Å²) in [4.78, 5) is 39.5. The standard InChI is InChI=1S/C32H23Cl2FN2O6/c1-41-29-15-20(4-13-28(29)43-17-19-2-7-23(35)8-3-19)14-26-30(38)36-32(40)37(31(26)39)24-9-11-25(12-10-24)42-18-21-5-6-22(33)16-27(21)34/h2-16H,17-18H2,1H3,(H,36,38,40)/b26-14+. The number of benzene rings is 4. The summed E-state index contributed by atoms with van der Waals surface area (Å²) in [6, 6.07) is 21.2. The third-order valence-electron chi connectivity index (χ3n) is 6.41. The number of hydrogen-bond donors (Lipinski definition) is 1. The normalized spacial score (nSPS) is 14.1. The van der Waals surface area contributed by atoms with E-state index in [1.54, 1.807) is 60.7 Å². The van der Waals surface area contributed by atoms with E-state index in [9.17, 15) is 18.8 Å². The minimum absolute atomic E-state index is 0.174. The van der Waals surface area contributed by atoms with Crippen molar-refractivity contribution >= 4 is 52.8 Å². The molecule has 0 aromatic heterocycles. The molecule has 0 saturated carbocycles. The van der Waals surface area contributed by atoms with Crippen molar-refractivity contribution in [3.8, 4) is 17.2 Å². The number of halogens is 3. The van der Waals surface area contributed by atoms with E-state index >= 15 is 0 Å². The maximum Gasteiger partial charge on any atom is 0.335 e. The SMILES string of the molecule is COc1cc(/C=C2\C(=O)NC(=O)N(c3ccc(OCc4ccc(Cl)cc4Cl)cc3)C2=O)ccc1OCc1ccc(F)cc1. The summed E-state index contributed by atoms with van der Waals surface area (Å²) < 4.78 is 30.2. The molecule has 4 amide bonds. The molecule has 4 aromatic carbocycles. The number of urea groups is 1. The molecule has 43 heavy (non-hydrogen) atoms. The van der Waals surface area contributed by atoms with E-state index in [2.05, 4.69) is 5.32 Å². The fourth-order valence-electron chi connectivity index (χ4n) is 4.18. The van der Waals surface area contributed by atoms with Gasteiger partial charge in [0.2, 0.25) is 0 Å². The topological polar surface area (TPSA) is 94.2 Å². The zero-order valence-electron chi connectivity index (χ0n) is 22.6. The zero-order chi connectivity index (χ0) is 30.5. The van der Waals surface area contributed by atoms with Crippen molar-refractivity contribution in [2.24, 2.45) is 0 Å². The molecule has 1 N–H and O–H groups in total. The minimum Gasteiger partial charge on any atom is -0.493 e. The third-order valence-corrected chi connectivity index (χ3v) is 7.00.